The summed E-state index contributed by atoms with van der Waals surface area (Å²) in [5.41, 5.74) is -0.152. The lowest BCUT2D eigenvalue weighted by Crippen LogP contribution is -2.36. The van der Waals surface area contributed by atoms with E-state index in [9.17, 15) is 23.3 Å². The number of nitro groups is 1. The maximum absolute atomic E-state index is 11.7. The van der Waals surface area contributed by atoms with Gasteiger partial charge in [-0.25, -0.2) is 8.42 Å². The Morgan fingerprint density at radius 1 is 1.43 bits per heavy atom. The molecule has 1 saturated heterocycles. The second-order valence-corrected chi connectivity index (χ2v) is 7.12. The van der Waals surface area contributed by atoms with Crippen molar-refractivity contribution in [1.82, 2.24) is 0 Å². The van der Waals surface area contributed by atoms with Crippen LogP contribution in [0.2, 0.25) is 0 Å². The maximum Gasteiger partial charge on any atom is 0.311 e. The van der Waals surface area contributed by atoms with Gasteiger partial charge in [0.15, 0.2) is 9.84 Å². The van der Waals surface area contributed by atoms with Gasteiger partial charge in [0.1, 0.15) is 16.9 Å². The van der Waals surface area contributed by atoms with Crippen molar-refractivity contribution in [3.05, 3.63) is 28.3 Å². The molecule has 0 radical (unpaired) electrons. The topological polar surface area (TPSA) is 97.6 Å². The second-order valence-electron chi connectivity index (χ2n) is 5.14. The summed E-state index contributed by atoms with van der Waals surface area (Å²) in [6, 6.07) is 4.25. The molecule has 1 fully saturated rings. The van der Waals surface area contributed by atoms with Gasteiger partial charge in [-0.1, -0.05) is 6.07 Å². The van der Waals surface area contributed by atoms with Crippen LogP contribution >= 0.6 is 0 Å². The second kappa shape index (κ2) is 5.80. The number of rotatable bonds is 4. The molecular formula is C13H16N2O5S. The Hall–Kier alpha value is -1.96. The molecule has 0 spiro atoms. The lowest BCUT2D eigenvalue weighted by atomic mass is 9.99. The maximum atomic E-state index is 11.7. The smallest absolute Gasteiger partial charge is 0.311 e. The molecule has 1 aliphatic rings. The Morgan fingerprint density at radius 3 is 2.71 bits per heavy atom. The van der Waals surface area contributed by atoms with E-state index in [1.165, 1.54) is 18.2 Å². The lowest BCUT2D eigenvalue weighted by Gasteiger charge is -2.31. The molecule has 7 nitrogen and oxygen atoms in total. The summed E-state index contributed by atoms with van der Waals surface area (Å²) in [6.07, 6.45) is 3.28. The Bertz CT molecular complexity index is 671. The molecule has 0 aromatic heterocycles. The molecule has 1 aromatic rings. The van der Waals surface area contributed by atoms with E-state index < -0.39 is 20.4 Å². The number of anilines is 1. The third-order valence-electron chi connectivity index (χ3n) is 3.55. The lowest BCUT2D eigenvalue weighted by molar-refractivity contribution is -0.387. The van der Waals surface area contributed by atoms with Gasteiger partial charge in [0.05, 0.1) is 4.92 Å². The molecule has 1 aliphatic heterocycles. The van der Waals surface area contributed by atoms with Crippen LogP contribution in [0, 0.1) is 16.0 Å². The average Bonchev–Trinajstić information content (AvgIpc) is 2.45. The third-order valence-corrected chi connectivity index (χ3v) is 4.68. The molecule has 1 atom stereocenters. The van der Waals surface area contributed by atoms with E-state index in [1.54, 1.807) is 4.90 Å². The minimum Gasteiger partial charge on any atom is -0.365 e. The number of sulfone groups is 1. The van der Waals surface area contributed by atoms with E-state index in [0.717, 1.165) is 25.4 Å². The fourth-order valence-electron chi connectivity index (χ4n) is 2.59. The van der Waals surface area contributed by atoms with E-state index in [0.29, 0.717) is 13.1 Å². The highest BCUT2D eigenvalue weighted by Gasteiger charge is 2.30. The zero-order valence-corrected chi connectivity index (χ0v) is 12.4. The van der Waals surface area contributed by atoms with Crippen LogP contribution in [-0.4, -0.2) is 39.0 Å². The van der Waals surface area contributed by atoms with Crippen LogP contribution in [-0.2, 0) is 14.6 Å². The number of hydrogen-bond donors (Lipinski definition) is 0. The Balaban J connectivity index is 2.53. The van der Waals surface area contributed by atoms with Gasteiger partial charge < -0.3 is 9.69 Å². The van der Waals surface area contributed by atoms with Crippen molar-refractivity contribution in [2.45, 2.75) is 17.7 Å². The first-order valence-corrected chi connectivity index (χ1v) is 8.41. The molecule has 0 N–H and O–H groups in total. The predicted octanol–water partition coefficient (Wildman–Crippen LogP) is 1.41. The number of piperidine rings is 1. The highest BCUT2D eigenvalue weighted by Crippen LogP contribution is 2.36. The average molecular weight is 312 g/mol. The van der Waals surface area contributed by atoms with Crippen LogP contribution in [0.1, 0.15) is 12.8 Å². The number of nitrogens with zero attached hydrogens (tertiary/aromatic N) is 2. The Labute approximate surface area is 122 Å². The first-order valence-electron chi connectivity index (χ1n) is 6.52. The standard InChI is InChI=1S/C13H16N2O5S/c1-21(19,20)12-6-2-5-11(13(12)15(17)18)14-7-3-4-10(8-14)9-16/h2,5-6,9-10H,3-4,7-8H2,1H3. The van der Waals surface area contributed by atoms with Crippen molar-refractivity contribution in [2.24, 2.45) is 5.92 Å². The Kier molecular flexibility index (Phi) is 4.26. The largest absolute Gasteiger partial charge is 0.365 e. The van der Waals surface area contributed by atoms with E-state index in [4.69, 9.17) is 0 Å². The van der Waals surface area contributed by atoms with Gasteiger partial charge in [-0.05, 0) is 25.0 Å². The van der Waals surface area contributed by atoms with Crippen molar-refractivity contribution in [3.8, 4) is 0 Å². The van der Waals surface area contributed by atoms with Gasteiger partial charge in [-0.2, -0.15) is 0 Å². The summed E-state index contributed by atoms with van der Waals surface area (Å²) in [5.74, 6) is -0.180. The van der Waals surface area contributed by atoms with E-state index in [1.807, 2.05) is 0 Å². The van der Waals surface area contributed by atoms with Crippen LogP contribution in [0.25, 0.3) is 0 Å². The predicted molar refractivity (Wildman–Crippen MR) is 77.2 cm³/mol. The molecule has 21 heavy (non-hydrogen) atoms. The van der Waals surface area contributed by atoms with Crippen molar-refractivity contribution in [3.63, 3.8) is 0 Å². The highest BCUT2D eigenvalue weighted by atomic mass is 32.2. The van der Waals surface area contributed by atoms with Crippen molar-refractivity contribution >= 4 is 27.5 Å². The van der Waals surface area contributed by atoms with Crippen LogP contribution in [0.3, 0.4) is 0 Å². The summed E-state index contributed by atoms with van der Waals surface area (Å²) in [4.78, 5) is 23.0. The van der Waals surface area contributed by atoms with Crippen molar-refractivity contribution in [2.75, 3.05) is 24.2 Å². The molecule has 2 rings (SSSR count). The summed E-state index contributed by atoms with van der Waals surface area (Å²) in [5, 5.41) is 11.3. The minimum atomic E-state index is -3.70. The number of nitro benzene ring substituents is 1. The number of aldehydes is 1. The number of carbonyl (C=O) groups excluding carboxylic acids is 1. The summed E-state index contributed by atoms with van der Waals surface area (Å²) in [6.45, 7) is 0.940. The summed E-state index contributed by atoms with van der Waals surface area (Å²) < 4.78 is 23.5. The number of hydrogen-bond acceptors (Lipinski definition) is 6. The van der Waals surface area contributed by atoms with Crippen LogP contribution in [0.15, 0.2) is 23.1 Å². The fourth-order valence-corrected chi connectivity index (χ4v) is 3.44. The van der Waals surface area contributed by atoms with Gasteiger partial charge in [0.25, 0.3) is 0 Å². The highest BCUT2D eigenvalue weighted by molar-refractivity contribution is 7.90. The molecule has 1 aromatic carbocycles. The summed E-state index contributed by atoms with van der Waals surface area (Å²) in [7, 11) is -3.70. The molecule has 114 valence electrons. The van der Waals surface area contributed by atoms with Crippen LogP contribution in [0.4, 0.5) is 11.4 Å². The van der Waals surface area contributed by atoms with Crippen LogP contribution < -0.4 is 4.90 Å². The zero-order chi connectivity index (χ0) is 15.6. The monoisotopic (exact) mass is 312 g/mol. The minimum absolute atomic E-state index is 0.180. The van der Waals surface area contributed by atoms with Crippen molar-refractivity contribution in [1.29, 1.82) is 0 Å². The van der Waals surface area contributed by atoms with Crippen molar-refractivity contribution < 1.29 is 18.1 Å². The zero-order valence-electron chi connectivity index (χ0n) is 11.6. The SMILES string of the molecule is CS(=O)(=O)c1cccc(N2CCCC(C=O)C2)c1[N+](=O)[O-]. The Morgan fingerprint density at radius 2 is 2.14 bits per heavy atom. The van der Waals surface area contributed by atoms with E-state index >= 15 is 0 Å². The molecule has 0 aliphatic carbocycles. The van der Waals surface area contributed by atoms with Gasteiger partial charge >= 0.3 is 5.69 Å². The molecular weight excluding hydrogens is 296 g/mol. The number of para-hydroxylation sites is 1. The third kappa shape index (κ3) is 3.21. The van der Waals surface area contributed by atoms with Crippen LogP contribution in [0.5, 0.6) is 0 Å². The molecule has 8 heteroatoms. The van der Waals surface area contributed by atoms with Gasteiger partial charge in [-0.15, -0.1) is 0 Å². The van der Waals surface area contributed by atoms with Gasteiger partial charge in [0, 0.05) is 25.3 Å². The molecule has 1 unspecified atom stereocenters. The summed E-state index contributed by atoms with van der Waals surface area (Å²) >= 11 is 0. The molecule has 0 saturated carbocycles. The number of carbonyl (C=O) groups is 1. The normalized spacial score (nSPS) is 19.3. The van der Waals surface area contributed by atoms with Gasteiger partial charge in [0.2, 0.25) is 0 Å². The molecule has 0 bridgehead atoms. The quantitative estimate of drug-likeness (QED) is 0.474. The molecule has 0 amide bonds. The first kappa shape index (κ1) is 15.4. The first-order chi connectivity index (χ1) is 9.84. The molecule has 1 heterocycles. The number of benzene rings is 1. The van der Waals surface area contributed by atoms with E-state index in [-0.39, 0.29) is 16.5 Å². The van der Waals surface area contributed by atoms with Gasteiger partial charge in [-0.3, -0.25) is 10.1 Å². The van der Waals surface area contributed by atoms with E-state index in [2.05, 4.69) is 0 Å². The fraction of sp³-hybridized carbons (Fsp3) is 0.462.